The van der Waals surface area contributed by atoms with E-state index in [4.69, 9.17) is 9.72 Å². The summed E-state index contributed by atoms with van der Waals surface area (Å²) in [6, 6.07) is 17.3. The van der Waals surface area contributed by atoms with Gasteiger partial charge in [0.05, 0.1) is 34.3 Å². The summed E-state index contributed by atoms with van der Waals surface area (Å²) in [5, 5.41) is 0.562. The van der Waals surface area contributed by atoms with Gasteiger partial charge in [-0.05, 0) is 79.4 Å². The van der Waals surface area contributed by atoms with Gasteiger partial charge in [-0.15, -0.1) is 0 Å². The van der Waals surface area contributed by atoms with Crippen LogP contribution in [0.5, 0.6) is 0 Å². The molecule has 1 aromatic heterocycles. The number of imide groups is 1. The smallest absolute Gasteiger partial charge is 0.339 e. The molecule has 7 nitrogen and oxygen atoms in total. The molecule has 2 amide bonds. The molecular formula is C34H26Br3FN2O5. The maximum atomic E-state index is 13.4. The van der Waals surface area contributed by atoms with Crippen LogP contribution in [0.1, 0.15) is 46.0 Å². The summed E-state index contributed by atoms with van der Waals surface area (Å²) in [6.45, 7) is 1.47. The third-order valence-electron chi connectivity index (χ3n) is 8.39. The molecule has 0 spiro atoms. The van der Waals surface area contributed by atoms with Crippen molar-refractivity contribution in [3.8, 4) is 11.3 Å². The van der Waals surface area contributed by atoms with Gasteiger partial charge in [0.15, 0.2) is 12.4 Å². The van der Waals surface area contributed by atoms with Crippen LogP contribution in [0.4, 0.5) is 10.1 Å². The Morgan fingerprint density at radius 1 is 0.933 bits per heavy atom. The Bertz CT molecular complexity index is 1820. The van der Waals surface area contributed by atoms with E-state index in [0.717, 1.165) is 10.0 Å². The van der Waals surface area contributed by atoms with Gasteiger partial charge in [0, 0.05) is 30.6 Å². The van der Waals surface area contributed by atoms with Gasteiger partial charge in [-0.25, -0.2) is 14.2 Å². The summed E-state index contributed by atoms with van der Waals surface area (Å²) in [6.07, 6.45) is 1.82. The maximum Gasteiger partial charge on any atom is 0.339 e. The molecule has 0 bridgehead atoms. The van der Waals surface area contributed by atoms with Crippen LogP contribution in [0.15, 0.2) is 71.2 Å². The summed E-state index contributed by atoms with van der Waals surface area (Å²) in [5.41, 5.74) is 3.61. The second-order valence-corrected chi connectivity index (χ2v) is 14.4. The standard InChI is InChI=1S/C34H26Br3FN2O5/c1-2-17-11-20(35)12-23-26(34(44)45-16-30(41)19-3-7-21(38)8-4-19)15-29(39-31(17)23)18-5-9-22(10-6-18)40-32(42)24-13-27(36)28(37)14-25(24)33(40)43/h3-12,15,24-25,27-28H,2,13-14,16H2,1H3. The molecule has 1 aliphatic heterocycles. The molecule has 2 heterocycles. The predicted molar refractivity (Wildman–Crippen MR) is 179 cm³/mol. The number of aromatic nitrogens is 1. The number of hydrogen-bond donors (Lipinski definition) is 0. The zero-order valence-electron chi connectivity index (χ0n) is 23.9. The minimum absolute atomic E-state index is 0.118. The van der Waals surface area contributed by atoms with E-state index in [0.29, 0.717) is 47.1 Å². The number of ether oxygens (including phenoxy) is 1. The van der Waals surface area contributed by atoms with Crippen LogP contribution < -0.4 is 4.90 Å². The second kappa shape index (κ2) is 12.8. The topological polar surface area (TPSA) is 93.6 Å². The van der Waals surface area contributed by atoms with Gasteiger partial charge in [-0.3, -0.25) is 19.3 Å². The number of aryl methyl sites for hydroxylation is 1. The maximum absolute atomic E-state index is 13.4. The lowest BCUT2D eigenvalue weighted by Crippen LogP contribution is -2.34. The van der Waals surface area contributed by atoms with Gasteiger partial charge in [0.1, 0.15) is 5.82 Å². The summed E-state index contributed by atoms with van der Waals surface area (Å²) < 4.78 is 19.5. The largest absolute Gasteiger partial charge is 0.454 e. The molecule has 2 aliphatic rings. The monoisotopic (exact) mass is 798 g/mol. The Hall–Kier alpha value is -3.28. The van der Waals surface area contributed by atoms with Crippen molar-refractivity contribution in [2.75, 3.05) is 11.5 Å². The van der Waals surface area contributed by atoms with Crippen molar-refractivity contribution in [3.05, 3.63) is 93.7 Å². The average Bonchev–Trinajstić information content (AvgIpc) is 3.27. The number of benzene rings is 3. The minimum Gasteiger partial charge on any atom is -0.454 e. The number of fused-ring (bicyclic) bond motifs is 2. The Labute approximate surface area is 283 Å². The van der Waals surface area contributed by atoms with E-state index in [2.05, 4.69) is 47.8 Å². The lowest BCUT2D eigenvalue weighted by atomic mass is 9.81. The Morgan fingerprint density at radius 2 is 1.56 bits per heavy atom. The van der Waals surface area contributed by atoms with Crippen molar-refractivity contribution in [3.63, 3.8) is 0 Å². The van der Waals surface area contributed by atoms with Crippen molar-refractivity contribution in [2.45, 2.75) is 35.8 Å². The Kier molecular flexibility index (Phi) is 9.05. The summed E-state index contributed by atoms with van der Waals surface area (Å²) in [7, 11) is 0. The van der Waals surface area contributed by atoms with Crippen LogP contribution in [-0.2, 0) is 20.7 Å². The fourth-order valence-corrected chi connectivity index (χ4v) is 7.75. The van der Waals surface area contributed by atoms with E-state index in [-0.39, 0.29) is 44.4 Å². The highest BCUT2D eigenvalue weighted by Gasteiger charge is 2.52. The molecular weight excluding hydrogens is 775 g/mol. The van der Waals surface area contributed by atoms with E-state index in [1.807, 2.05) is 13.0 Å². The lowest BCUT2D eigenvalue weighted by Gasteiger charge is -2.29. The SMILES string of the molecule is CCc1cc(Br)cc2c(C(=O)OCC(=O)c3ccc(F)cc3)cc(-c3ccc(N4C(=O)C5CC(Br)C(Br)CC5C4=O)cc3)nc12. The number of halogens is 4. The molecule has 45 heavy (non-hydrogen) atoms. The third kappa shape index (κ3) is 6.14. The lowest BCUT2D eigenvalue weighted by molar-refractivity contribution is -0.122. The summed E-state index contributed by atoms with van der Waals surface area (Å²) >= 11 is 10.8. The first-order valence-electron chi connectivity index (χ1n) is 14.4. The van der Waals surface area contributed by atoms with E-state index in [9.17, 15) is 23.6 Å². The molecule has 6 rings (SSSR count). The van der Waals surface area contributed by atoms with Crippen molar-refractivity contribution in [1.82, 2.24) is 4.98 Å². The van der Waals surface area contributed by atoms with Crippen LogP contribution in [0.3, 0.4) is 0 Å². The minimum atomic E-state index is -0.707. The van der Waals surface area contributed by atoms with E-state index in [1.165, 1.54) is 29.2 Å². The molecule has 3 aromatic carbocycles. The molecule has 1 saturated carbocycles. The zero-order chi connectivity index (χ0) is 32.0. The third-order valence-corrected chi connectivity index (χ3v) is 11.6. The molecule has 4 aromatic rings. The van der Waals surface area contributed by atoms with Crippen LogP contribution in [0.25, 0.3) is 22.2 Å². The van der Waals surface area contributed by atoms with Gasteiger partial charge in [0.2, 0.25) is 11.8 Å². The van der Waals surface area contributed by atoms with Gasteiger partial charge in [-0.2, -0.15) is 0 Å². The number of carbonyl (C=O) groups is 4. The van der Waals surface area contributed by atoms with Crippen LogP contribution in [0.2, 0.25) is 0 Å². The number of carbonyl (C=O) groups excluding carboxylic acids is 4. The van der Waals surface area contributed by atoms with E-state index >= 15 is 0 Å². The highest BCUT2D eigenvalue weighted by Crippen LogP contribution is 2.44. The molecule has 230 valence electrons. The second-order valence-electron chi connectivity index (χ2n) is 11.2. The molecule has 4 unspecified atom stereocenters. The average molecular weight is 801 g/mol. The number of ketones is 1. The quantitative estimate of drug-likeness (QED) is 0.0820. The van der Waals surface area contributed by atoms with Gasteiger partial charge in [0.25, 0.3) is 0 Å². The van der Waals surface area contributed by atoms with Crippen LogP contribution in [-0.4, -0.2) is 44.8 Å². The van der Waals surface area contributed by atoms with Crippen molar-refractivity contribution < 1.29 is 28.3 Å². The van der Waals surface area contributed by atoms with Crippen molar-refractivity contribution >= 4 is 87.9 Å². The molecule has 0 N–H and O–H groups in total. The fourth-order valence-electron chi connectivity index (χ4n) is 6.01. The number of anilines is 1. The van der Waals surface area contributed by atoms with Gasteiger partial charge < -0.3 is 4.74 Å². The first kappa shape index (κ1) is 31.7. The molecule has 2 fully saturated rings. The molecule has 1 aliphatic carbocycles. The molecule has 11 heteroatoms. The number of nitrogens with zero attached hydrogens (tertiary/aromatic N) is 2. The first-order chi connectivity index (χ1) is 21.5. The summed E-state index contributed by atoms with van der Waals surface area (Å²) in [5.74, 6) is -2.73. The van der Waals surface area contributed by atoms with Crippen LogP contribution in [0, 0.1) is 17.7 Å². The van der Waals surface area contributed by atoms with Gasteiger partial charge >= 0.3 is 5.97 Å². The Balaban J connectivity index is 1.31. The number of Topliss-reactive ketones (excluding diaryl/α,β-unsaturated/α-hetero) is 1. The number of hydrogen-bond acceptors (Lipinski definition) is 6. The fraction of sp³-hybridized carbons (Fsp3) is 0.265. The molecule has 1 saturated heterocycles. The normalized spacial score (nSPS) is 21.2. The molecule has 4 atom stereocenters. The highest BCUT2D eigenvalue weighted by molar-refractivity contribution is 9.12. The first-order valence-corrected chi connectivity index (χ1v) is 17.0. The summed E-state index contributed by atoms with van der Waals surface area (Å²) in [4.78, 5) is 59.1. The number of pyridine rings is 1. The van der Waals surface area contributed by atoms with E-state index < -0.39 is 24.2 Å². The van der Waals surface area contributed by atoms with E-state index in [1.54, 1.807) is 36.4 Å². The molecule has 0 radical (unpaired) electrons. The Morgan fingerprint density at radius 3 is 2.16 bits per heavy atom. The highest BCUT2D eigenvalue weighted by atomic mass is 79.9. The number of rotatable bonds is 7. The predicted octanol–water partition coefficient (Wildman–Crippen LogP) is 7.83. The zero-order valence-corrected chi connectivity index (χ0v) is 28.7. The van der Waals surface area contributed by atoms with Gasteiger partial charge in [-0.1, -0.05) is 66.8 Å². The van der Waals surface area contributed by atoms with Crippen molar-refractivity contribution in [2.24, 2.45) is 11.8 Å². The number of alkyl halides is 2. The number of amides is 2. The van der Waals surface area contributed by atoms with Crippen LogP contribution >= 0.6 is 47.8 Å². The number of esters is 1. The van der Waals surface area contributed by atoms with Crippen molar-refractivity contribution in [1.29, 1.82) is 0 Å².